The number of rotatable bonds is 6. The second kappa shape index (κ2) is 5.88. The number of hydrogen-bond acceptors (Lipinski definition) is 3. The van der Waals surface area contributed by atoms with Crippen molar-refractivity contribution in [2.75, 3.05) is 19.7 Å². The van der Waals surface area contributed by atoms with Crippen LogP contribution < -0.4 is 10.6 Å². The molecule has 0 aliphatic carbocycles. The predicted octanol–water partition coefficient (Wildman–Crippen LogP) is 0.283. The lowest BCUT2D eigenvalue weighted by molar-refractivity contribution is -0.136. The highest BCUT2D eigenvalue weighted by Crippen LogP contribution is 2.14. The summed E-state index contributed by atoms with van der Waals surface area (Å²) in [7, 11) is 0. The molecule has 16 heavy (non-hydrogen) atoms. The van der Waals surface area contributed by atoms with Crippen LogP contribution in [-0.2, 0) is 9.53 Å². The fraction of sp³-hybridized carbons (Fsp3) is 0.750. The standard InChI is InChI=1S/C12H20N2O2/c1-4-6-10(5-2)14-11(15)7-16-12(3)8-13-9-12/h2,10,13H,4,6-9H2,1,3H3,(H,14,15). The third kappa shape index (κ3) is 3.84. The summed E-state index contributed by atoms with van der Waals surface area (Å²) in [6.45, 7) is 5.71. The maximum atomic E-state index is 11.5. The highest BCUT2D eigenvalue weighted by Gasteiger charge is 2.33. The molecule has 0 spiro atoms. The summed E-state index contributed by atoms with van der Waals surface area (Å²) in [6.07, 6.45) is 7.07. The molecule has 0 bridgehead atoms. The molecule has 0 aromatic carbocycles. The Kier molecular flexibility index (Phi) is 4.78. The molecular weight excluding hydrogens is 204 g/mol. The molecule has 1 fully saturated rings. The van der Waals surface area contributed by atoms with Gasteiger partial charge < -0.3 is 15.4 Å². The van der Waals surface area contributed by atoms with Crippen LogP contribution in [0.4, 0.5) is 0 Å². The van der Waals surface area contributed by atoms with Gasteiger partial charge in [0.15, 0.2) is 0 Å². The van der Waals surface area contributed by atoms with Crippen LogP contribution in [0.1, 0.15) is 26.7 Å². The first kappa shape index (κ1) is 13.0. The quantitative estimate of drug-likeness (QED) is 0.637. The molecule has 0 saturated carbocycles. The molecule has 1 rings (SSSR count). The van der Waals surface area contributed by atoms with E-state index in [-0.39, 0.29) is 24.2 Å². The average Bonchev–Trinajstić information content (AvgIpc) is 2.23. The number of carbonyl (C=O) groups is 1. The molecular formula is C12H20N2O2. The number of nitrogens with one attached hydrogen (secondary N) is 2. The molecule has 4 heteroatoms. The van der Waals surface area contributed by atoms with Crippen molar-refractivity contribution < 1.29 is 9.53 Å². The van der Waals surface area contributed by atoms with Crippen LogP contribution in [0.3, 0.4) is 0 Å². The molecule has 1 atom stereocenters. The summed E-state index contributed by atoms with van der Waals surface area (Å²) in [6, 6.07) is -0.173. The average molecular weight is 224 g/mol. The summed E-state index contributed by atoms with van der Waals surface area (Å²) in [5.74, 6) is 2.42. The number of amides is 1. The Morgan fingerprint density at radius 1 is 1.69 bits per heavy atom. The lowest BCUT2D eigenvalue weighted by Crippen LogP contribution is -2.59. The zero-order valence-corrected chi connectivity index (χ0v) is 10.0. The first-order valence-electron chi connectivity index (χ1n) is 5.70. The Bertz CT molecular complexity index is 279. The van der Waals surface area contributed by atoms with Gasteiger partial charge in [-0.05, 0) is 13.3 Å². The number of terminal acetylenes is 1. The maximum absolute atomic E-state index is 11.5. The first-order chi connectivity index (χ1) is 7.59. The van der Waals surface area contributed by atoms with Gasteiger partial charge in [-0.2, -0.15) is 0 Å². The summed E-state index contributed by atoms with van der Waals surface area (Å²) < 4.78 is 5.51. The molecule has 1 saturated heterocycles. The topological polar surface area (TPSA) is 50.4 Å². The van der Waals surface area contributed by atoms with Crippen LogP contribution in [0, 0.1) is 12.3 Å². The van der Waals surface area contributed by atoms with E-state index in [1.165, 1.54) is 0 Å². The van der Waals surface area contributed by atoms with Crippen LogP contribution in [0.2, 0.25) is 0 Å². The highest BCUT2D eigenvalue weighted by molar-refractivity contribution is 5.77. The van der Waals surface area contributed by atoms with Gasteiger partial charge in [-0.3, -0.25) is 4.79 Å². The monoisotopic (exact) mass is 224 g/mol. The van der Waals surface area contributed by atoms with Crippen molar-refractivity contribution >= 4 is 5.91 Å². The van der Waals surface area contributed by atoms with Crippen LogP contribution in [0.5, 0.6) is 0 Å². The second-order valence-electron chi connectivity index (χ2n) is 4.42. The Morgan fingerprint density at radius 2 is 2.38 bits per heavy atom. The second-order valence-corrected chi connectivity index (χ2v) is 4.42. The van der Waals surface area contributed by atoms with E-state index in [2.05, 4.69) is 16.6 Å². The van der Waals surface area contributed by atoms with E-state index in [1.807, 2.05) is 13.8 Å². The van der Waals surface area contributed by atoms with Gasteiger partial charge in [0.2, 0.25) is 5.91 Å². The van der Waals surface area contributed by atoms with Crippen molar-refractivity contribution in [3.8, 4) is 12.3 Å². The minimum Gasteiger partial charge on any atom is -0.363 e. The Balaban J connectivity index is 2.22. The molecule has 0 aromatic heterocycles. The molecule has 90 valence electrons. The van der Waals surface area contributed by atoms with Gasteiger partial charge in [-0.15, -0.1) is 6.42 Å². The van der Waals surface area contributed by atoms with E-state index in [0.717, 1.165) is 25.9 Å². The predicted molar refractivity (Wildman–Crippen MR) is 62.9 cm³/mol. The first-order valence-corrected chi connectivity index (χ1v) is 5.70. The normalized spacial score (nSPS) is 19.3. The smallest absolute Gasteiger partial charge is 0.246 e. The van der Waals surface area contributed by atoms with Gasteiger partial charge in [-0.1, -0.05) is 19.3 Å². The van der Waals surface area contributed by atoms with E-state index in [9.17, 15) is 4.79 Å². The van der Waals surface area contributed by atoms with Crippen LogP contribution >= 0.6 is 0 Å². The number of hydrogen-bond donors (Lipinski definition) is 2. The molecule has 0 aromatic rings. The van der Waals surface area contributed by atoms with Gasteiger partial charge in [0.1, 0.15) is 6.61 Å². The van der Waals surface area contributed by atoms with Crippen LogP contribution in [-0.4, -0.2) is 37.2 Å². The Morgan fingerprint density at radius 3 is 2.81 bits per heavy atom. The molecule has 1 unspecified atom stereocenters. The van der Waals surface area contributed by atoms with Gasteiger partial charge >= 0.3 is 0 Å². The highest BCUT2D eigenvalue weighted by atomic mass is 16.5. The lowest BCUT2D eigenvalue weighted by Gasteiger charge is -2.38. The van der Waals surface area contributed by atoms with E-state index < -0.39 is 0 Å². The summed E-state index contributed by atoms with van der Waals surface area (Å²) >= 11 is 0. The fourth-order valence-electron chi connectivity index (χ4n) is 1.54. The van der Waals surface area contributed by atoms with Crippen molar-refractivity contribution in [3.05, 3.63) is 0 Å². The largest absolute Gasteiger partial charge is 0.363 e. The molecule has 1 aliphatic rings. The zero-order valence-electron chi connectivity index (χ0n) is 10.0. The van der Waals surface area contributed by atoms with E-state index in [1.54, 1.807) is 0 Å². The molecule has 1 heterocycles. The lowest BCUT2D eigenvalue weighted by atomic mass is 10.0. The van der Waals surface area contributed by atoms with Crippen molar-refractivity contribution in [2.24, 2.45) is 0 Å². The zero-order chi connectivity index (χ0) is 12.0. The van der Waals surface area contributed by atoms with E-state index >= 15 is 0 Å². The van der Waals surface area contributed by atoms with E-state index in [4.69, 9.17) is 11.2 Å². The minimum absolute atomic E-state index is 0.0834. The van der Waals surface area contributed by atoms with E-state index in [0.29, 0.717) is 0 Å². The molecule has 1 amide bonds. The van der Waals surface area contributed by atoms with Crippen molar-refractivity contribution in [1.82, 2.24) is 10.6 Å². The fourth-order valence-corrected chi connectivity index (χ4v) is 1.54. The number of ether oxygens (including phenoxy) is 1. The maximum Gasteiger partial charge on any atom is 0.246 e. The molecule has 4 nitrogen and oxygen atoms in total. The summed E-state index contributed by atoms with van der Waals surface area (Å²) in [5, 5.41) is 5.88. The summed E-state index contributed by atoms with van der Waals surface area (Å²) in [5.41, 5.74) is -0.187. The minimum atomic E-state index is -0.187. The van der Waals surface area contributed by atoms with Gasteiger partial charge in [0.25, 0.3) is 0 Å². The summed E-state index contributed by atoms with van der Waals surface area (Å²) in [4.78, 5) is 11.5. The van der Waals surface area contributed by atoms with Gasteiger partial charge in [0.05, 0.1) is 11.6 Å². The molecule has 1 aliphatic heterocycles. The van der Waals surface area contributed by atoms with Gasteiger partial charge in [0, 0.05) is 13.1 Å². The van der Waals surface area contributed by atoms with Crippen LogP contribution in [0.15, 0.2) is 0 Å². The third-order valence-corrected chi connectivity index (χ3v) is 2.66. The molecule has 0 radical (unpaired) electrons. The Labute approximate surface area is 97.1 Å². The van der Waals surface area contributed by atoms with Gasteiger partial charge in [-0.25, -0.2) is 0 Å². The van der Waals surface area contributed by atoms with Crippen molar-refractivity contribution in [1.29, 1.82) is 0 Å². The number of carbonyl (C=O) groups excluding carboxylic acids is 1. The van der Waals surface area contributed by atoms with Crippen molar-refractivity contribution in [2.45, 2.75) is 38.3 Å². The van der Waals surface area contributed by atoms with Crippen molar-refractivity contribution in [3.63, 3.8) is 0 Å². The SMILES string of the molecule is C#CC(CCC)NC(=O)COC1(C)CNC1. The van der Waals surface area contributed by atoms with Crippen LogP contribution in [0.25, 0.3) is 0 Å². The molecule has 2 N–H and O–H groups in total. The Hall–Kier alpha value is -1.05. The third-order valence-electron chi connectivity index (χ3n) is 2.66.